The van der Waals surface area contributed by atoms with Gasteiger partial charge < -0.3 is 5.11 Å². The summed E-state index contributed by atoms with van der Waals surface area (Å²) in [5.41, 5.74) is 0.00853. The summed E-state index contributed by atoms with van der Waals surface area (Å²) >= 11 is 1.18. The average molecular weight is 290 g/mol. The number of halogens is 1. The van der Waals surface area contributed by atoms with E-state index < -0.39 is 11.4 Å². The van der Waals surface area contributed by atoms with Gasteiger partial charge in [0.1, 0.15) is 5.82 Å². The second kappa shape index (κ2) is 6.83. The van der Waals surface area contributed by atoms with Crippen molar-refractivity contribution in [1.82, 2.24) is 9.55 Å². The van der Waals surface area contributed by atoms with Crippen molar-refractivity contribution >= 4 is 11.8 Å². The molecule has 0 saturated heterocycles. The Morgan fingerprint density at radius 3 is 2.50 bits per heavy atom. The summed E-state index contributed by atoms with van der Waals surface area (Å²) in [5, 5.41) is 11.4. The Kier molecular flexibility index (Phi) is 6.02. The first-order valence-electron chi connectivity index (χ1n) is 4.73. The molecule has 2 rings (SSSR count). The van der Waals surface area contributed by atoms with Crippen LogP contribution < -0.4 is 62.1 Å². The normalized spacial score (nSPS) is 9.89. The van der Waals surface area contributed by atoms with E-state index in [2.05, 4.69) is 4.98 Å². The topological polar surface area (TPSA) is 58.0 Å². The van der Waals surface area contributed by atoms with Gasteiger partial charge in [-0.1, -0.05) is 11.8 Å². The SMILES string of the molecule is CSc1nc([O-])cc(=O)n1-c1ccc(F)cc1.[K+]. The van der Waals surface area contributed by atoms with Crippen LogP contribution in [-0.4, -0.2) is 15.8 Å². The molecule has 88 valence electrons. The Hall–Kier alpha value is -0.184. The van der Waals surface area contributed by atoms with Crippen molar-refractivity contribution in [3.63, 3.8) is 0 Å². The summed E-state index contributed by atoms with van der Waals surface area (Å²) in [6.07, 6.45) is 1.71. The van der Waals surface area contributed by atoms with Crippen LogP contribution >= 0.6 is 11.8 Å². The molecular formula is C11H8FKN2O2S. The van der Waals surface area contributed by atoms with Gasteiger partial charge in [-0.15, -0.1) is 0 Å². The number of hydrogen-bond acceptors (Lipinski definition) is 4. The predicted molar refractivity (Wildman–Crippen MR) is 61.0 cm³/mol. The van der Waals surface area contributed by atoms with Gasteiger partial charge in [0.2, 0.25) is 0 Å². The van der Waals surface area contributed by atoms with Gasteiger partial charge in [-0.05, 0) is 36.4 Å². The molecule has 1 aromatic carbocycles. The molecule has 0 aliphatic carbocycles. The molecule has 0 atom stereocenters. The molecule has 0 saturated carbocycles. The Balaban J connectivity index is 0.00000162. The summed E-state index contributed by atoms with van der Waals surface area (Å²) in [7, 11) is 0. The van der Waals surface area contributed by atoms with Crippen LogP contribution in [0.5, 0.6) is 5.88 Å². The third kappa shape index (κ3) is 3.43. The summed E-state index contributed by atoms with van der Waals surface area (Å²) in [5.74, 6) is -0.960. The van der Waals surface area contributed by atoms with E-state index in [1.165, 1.54) is 40.6 Å². The molecule has 0 spiro atoms. The minimum Gasteiger partial charge on any atom is -0.858 e. The Morgan fingerprint density at radius 1 is 1.33 bits per heavy atom. The molecule has 0 fully saturated rings. The van der Waals surface area contributed by atoms with Crippen molar-refractivity contribution < 1.29 is 60.9 Å². The molecule has 18 heavy (non-hydrogen) atoms. The molecule has 0 aliphatic rings. The molecule has 0 amide bonds. The second-order valence-corrected chi connectivity index (χ2v) is 4.00. The van der Waals surface area contributed by atoms with Crippen LogP contribution in [0.15, 0.2) is 40.3 Å². The maximum atomic E-state index is 12.8. The fourth-order valence-corrected chi connectivity index (χ4v) is 1.96. The summed E-state index contributed by atoms with van der Waals surface area (Å²) in [4.78, 5) is 15.4. The zero-order valence-corrected chi connectivity index (χ0v) is 13.8. The van der Waals surface area contributed by atoms with E-state index in [1.807, 2.05) is 0 Å². The smallest absolute Gasteiger partial charge is 0.858 e. The van der Waals surface area contributed by atoms with Gasteiger partial charge >= 0.3 is 51.4 Å². The van der Waals surface area contributed by atoms with Crippen LogP contribution in [0.1, 0.15) is 0 Å². The first kappa shape index (κ1) is 15.9. The minimum atomic E-state index is -0.572. The number of aromatic nitrogens is 2. The van der Waals surface area contributed by atoms with E-state index in [-0.39, 0.29) is 62.4 Å². The predicted octanol–water partition coefficient (Wildman–Crippen LogP) is -1.83. The Bertz CT molecular complexity index is 601. The molecule has 0 radical (unpaired) electrons. The van der Waals surface area contributed by atoms with Crippen LogP contribution in [-0.2, 0) is 0 Å². The van der Waals surface area contributed by atoms with Crippen LogP contribution in [0.3, 0.4) is 0 Å². The van der Waals surface area contributed by atoms with E-state index in [4.69, 9.17) is 0 Å². The fraction of sp³-hybridized carbons (Fsp3) is 0.0909. The van der Waals surface area contributed by atoms with Crippen LogP contribution in [0, 0.1) is 5.82 Å². The molecule has 0 aliphatic heterocycles. The molecule has 0 unspecified atom stereocenters. The monoisotopic (exact) mass is 290 g/mol. The molecule has 4 nitrogen and oxygen atoms in total. The summed E-state index contributed by atoms with van der Waals surface area (Å²) in [6.45, 7) is 0. The van der Waals surface area contributed by atoms with Crippen LogP contribution in [0.25, 0.3) is 5.69 Å². The molecule has 1 heterocycles. The number of thioether (sulfide) groups is 1. The van der Waals surface area contributed by atoms with Crippen molar-refractivity contribution in [1.29, 1.82) is 0 Å². The van der Waals surface area contributed by atoms with Gasteiger partial charge in [0.15, 0.2) is 5.16 Å². The summed E-state index contributed by atoms with van der Waals surface area (Å²) in [6, 6.07) is 6.32. The van der Waals surface area contributed by atoms with Crippen molar-refractivity contribution in [2.24, 2.45) is 0 Å². The average Bonchev–Trinajstić information content (AvgIpc) is 2.30. The van der Waals surface area contributed by atoms with Crippen LogP contribution in [0.4, 0.5) is 4.39 Å². The van der Waals surface area contributed by atoms with Crippen molar-refractivity contribution in [3.05, 3.63) is 46.5 Å². The van der Waals surface area contributed by atoms with E-state index in [0.29, 0.717) is 5.69 Å². The molecule has 0 N–H and O–H groups in total. The van der Waals surface area contributed by atoms with Crippen molar-refractivity contribution in [2.75, 3.05) is 6.26 Å². The first-order valence-corrected chi connectivity index (χ1v) is 5.95. The number of benzene rings is 1. The van der Waals surface area contributed by atoms with E-state index in [9.17, 15) is 14.3 Å². The number of rotatable bonds is 2. The zero-order valence-electron chi connectivity index (χ0n) is 9.88. The molecule has 2 aromatic rings. The maximum absolute atomic E-state index is 12.8. The molecular weight excluding hydrogens is 282 g/mol. The van der Waals surface area contributed by atoms with Gasteiger partial charge in [-0.25, -0.2) is 9.37 Å². The Morgan fingerprint density at radius 2 is 1.94 bits per heavy atom. The Labute approximate surface area is 150 Å². The van der Waals surface area contributed by atoms with Gasteiger partial charge in [-0.2, -0.15) is 0 Å². The number of nitrogens with zero attached hydrogens (tertiary/aromatic N) is 2. The minimum absolute atomic E-state index is 0. The zero-order chi connectivity index (χ0) is 12.4. The van der Waals surface area contributed by atoms with Crippen molar-refractivity contribution in [3.8, 4) is 11.6 Å². The van der Waals surface area contributed by atoms with E-state index in [0.717, 1.165) is 6.07 Å². The van der Waals surface area contributed by atoms with Gasteiger partial charge in [0.05, 0.1) is 5.69 Å². The van der Waals surface area contributed by atoms with Gasteiger partial charge in [-0.3, -0.25) is 9.36 Å². The quantitative estimate of drug-likeness (QED) is 0.371. The fourth-order valence-electron chi connectivity index (χ4n) is 1.41. The first-order chi connectivity index (χ1) is 8.11. The molecule has 7 heteroatoms. The van der Waals surface area contributed by atoms with Gasteiger partial charge in [0, 0.05) is 6.07 Å². The van der Waals surface area contributed by atoms with Gasteiger partial charge in [0.25, 0.3) is 5.56 Å². The third-order valence-electron chi connectivity index (χ3n) is 2.13. The largest absolute Gasteiger partial charge is 1.00 e. The second-order valence-electron chi connectivity index (χ2n) is 3.23. The summed E-state index contributed by atoms with van der Waals surface area (Å²) < 4.78 is 14.1. The third-order valence-corrected chi connectivity index (χ3v) is 2.77. The standard InChI is InChI=1S/C11H9FN2O2S.K/c1-17-11-13-9(15)6-10(16)14(11)8-4-2-7(12)3-5-8;/h2-6,15H,1H3;/q;+1/p-1. The van der Waals surface area contributed by atoms with Crippen molar-refractivity contribution in [2.45, 2.75) is 5.16 Å². The van der Waals surface area contributed by atoms with E-state index >= 15 is 0 Å². The van der Waals surface area contributed by atoms with Crippen LogP contribution in [0.2, 0.25) is 0 Å². The number of hydrogen-bond donors (Lipinski definition) is 0. The van der Waals surface area contributed by atoms with E-state index in [1.54, 1.807) is 6.26 Å². The maximum Gasteiger partial charge on any atom is 1.00 e. The molecule has 0 bridgehead atoms. The molecule has 1 aromatic heterocycles.